The van der Waals surface area contributed by atoms with Crippen molar-refractivity contribution in [3.8, 4) is 0 Å². The topological polar surface area (TPSA) is 77.9 Å². The fraction of sp³-hybridized carbons (Fsp3) is 0.600. The van der Waals surface area contributed by atoms with Gasteiger partial charge in [0.15, 0.2) is 0 Å². The quantitative estimate of drug-likeness (QED) is 0.714. The number of hydrogen-bond donors (Lipinski definition) is 2. The molecule has 8 heteroatoms. The molecule has 2 aliphatic carbocycles. The van der Waals surface area contributed by atoms with Crippen molar-refractivity contribution in [2.24, 2.45) is 11.3 Å². The van der Waals surface area contributed by atoms with Crippen LogP contribution in [0.2, 0.25) is 5.02 Å². The Labute approximate surface area is 199 Å². The fourth-order valence-electron chi connectivity index (χ4n) is 5.99. The number of amides is 1. The van der Waals surface area contributed by atoms with Gasteiger partial charge >= 0.3 is 0 Å². The van der Waals surface area contributed by atoms with Gasteiger partial charge < -0.3 is 20.1 Å². The molecular weight excluding hydrogens is 440 g/mol. The molecule has 3 heterocycles. The molecule has 0 radical (unpaired) electrons. The summed E-state index contributed by atoms with van der Waals surface area (Å²) in [5.41, 5.74) is 0.982. The molecule has 4 fully saturated rings. The molecule has 2 aliphatic heterocycles. The predicted molar refractivity (Wildman–Crippen MR) is 129 cm³/mol. The van der Waals surface area contributed by atoms with Crippen molar-refractivity contribution in [2.45, 2.75) is 44.2 Å². The van der Waals surface area contributed by atoms with Gasteiger partial charge in [-0.15, -0.1) is 0 Å². The number of nitrogens with one attached hydrogen (secondary N) is 1. The lowest BCUT2D eigenvalue weighted by atomic mass is 9.80. The van der Waals surface area contributed by atoms with Crippen LogP contribution in [0.3, 0.4) is 0 Å². The Hall–Kier alpha value is -1.93. The molecule has 2 saturated heterocycles. The first-order valence-electron chi connectivity index (χ1n) is 12.0. The molecule has 2 aromatic rings. The smallest absolute Gasteiger partial charge is 0.229 e. The predicted octanol–water partition coefficient (Wildman–Crippen LogP) is 3.29. The Morgan fingerprint density at radius 1 is 1.21 bits per heavy atom. The molecule has 0 bridgehead atoms. The number of aliphatic hydroxyl groups excluding tert-OH is 1. The Kier molecular flexibility index (Phi) is 5.11. The van der Waals surface area contributed by atoms with Crippen LogP contribution in [0.5, 0.6) is 0 Å². The molecule has 2 N–H and O–H groups in total. The van der Waals surface area contributed by atoms with Crippen LogP contribution in [0.1, 0.15) is 32.6 Å². The molecule has 176 valence electrons. The van der Waals surface area contributed by atoms with Crippen LogP contribution >= 0.6 is 11.6 Å². The van der Waals surface area contributed by atoms with Crippen molar-refractivity contribution in [1.29, 1.82) is 0 Å². The molecule has 33 heavy (non-hydrogen) atoms. The number of hydrogen-bond acceptors (Lipinski definition) is 6. The zero-order chi connectivity index (χ0) is 22.8. The van der Waals surface area contributed by atoms with Crippen LogP contribution in [0, 0.1) is 11.3 Å². The average molecular weight is 471 g/mol. The summed E-state index contributed by atoms with van der Waals surface area (Å²) in [6.45, 7) is 6.38. The Bertz CT molecular complexity index is 1100. The summed E-state index contributed by atoms with van der Waals surface area (Å²) >= 11 is 6.67. The summed E-state index contributed by atoms with van der Waals surface area (Å²) in [4.78, 5) is 21.8. The molecule has 1 spiro atoms. The molecular formula is C25H31ClN4O3. The number of piperazine rings is 1. The van der Waals surface area contributed by atoms with Crippen molar-refractivity contribution in [3.63, 3.8) is 0 Å². The molecule has 1 amide bonds. The van der Waals surface area contributed by atoms with Crippen molar-refractivity contribution < 1.29 is 14.6 Å². The maximum Gasteiger partial charge on any atom is 0.229 e. The molecule has 4 aliphatic rings. The van der Waals surface area contributed by atoms with E-state index in [-0.39, 0.29) is 17.4 Å². The standard InChI is InChI=1S/C25H31ClN4O3/c1-24(15-33-14-21(24)31)30-7-5-29(6-8-30)20-10-16-11-22(27-13-17(16)9-19(20)26)28-23(32)18-12-25(18)3-2-4-25/h9-11,13,18,21,31H,2-8,12,14-15H2,1H3,(H,27,28,32)/t18?,21-,24+/m1/s1. The second-order valence-electron chi connectivity index (χ2n) is 10.5. The highest BCUT2D eigenvalue weighted by Gasteiger charge is 2.60. The van der Waals surface area contributed by atoms with Gasteiger partial charge in [-0.1, -0.05) is 18.0 Å². The lowest BCUT2D eigenvalue weighted by Crippen LogP contribution is -2.60. The van der Waals surface area contributed by atoms with Gasteiger partial charge in [-0.2, -0.15) is 0 Å². The van der Waals surface area contributed by atoms with E-state index >= 15 is 0 Å². The fourth-order valence-corrected chi connectivity index (χ4v) is 6.28. The van der Waals surface area contributed by atoms with Gasteiger partial charge in [0.05, 0.1) is 35.6 Å². The zero-order valence-electron chi connectivity index (χ0n) is 19.0. The Morgan fingerprint density at radius 3 is 2.64 bits per heavy atom. The number of aliphatic hydroxyl groups is 1. The van der Waals surface area contributed by atoms with Crippen LogP contribution in [0.4, 0.5) is 11.5 Å². The monoisotopic (exact) mass is 470 g/mol. The van der Waals surface area contributed by atoms with E-state index < -0.39 is 6.10 Å². The number of aromatic nitrogens is 1. The lowest BCUT2D eigenvalue weighted by molar-refractivity contribution is -0.118. The number of anilines is 2. The van der Waals surface area contributed by atoms with Gasteiger partial charge in [0.25, 0.3) is 0 Å². The SMILES string of the molecule is C[C@]1(N2CCN(c3cc4cc(NC(=O)C5CC56CCC6)ncc4cc3Cl)CC2)COC[C@H]1O. The number of nitrogens with zero attached hydrogens (tertiary/aromatic N) is 3. The molecule has 6 rings (SSSR count). The van der Waals surface area contributed by atoms with Crippen molar-refractivity contribution in [3.05, 3.63) is 29.4 Å². The van der Waals surface area contributed by atoms with E-state index in [4.69, 9.17) is 16.3 Å². The number of carbonyl (C=O) groups is 1. The number of carbonyl (C=O) groups excluding carboxylic acids is 1. The Morgan fingerprint density at radius 2 is 2.00 bits per heavy atom. The molecule has 1 unspecified atom stereocenters. The minimum atomic E-state index is -0.454. The van der Waals surface area contributed by atoms with Crippen molar-refractivity contribution >= 4 is 39.8 Å². The molecule has 2 saturated carbocycles. The minimum absolute atomic E-state index is 0.110. The minimum Gasteiger partial charge on any atom is -0.389 e. The van der Waals surface area contributed by atoms with E-state index in [2.05, 4.69) is 33.1 Å². The van der Waals surface area contributed by atoms with Gasteiger partial charge in [-0.3, -0.25) is 9.69 Å². The number of ether oxygens (including phenoxy) is 1. The Balaban J connectivity index is 1.17. The zero-order valence-corrected chi connectivity index (χ0v) is 19.8. The lowest BCUT2D eigenvalue weighted by Gasteiger charge is -2.45. The van der Waals surface area contributed by atoms with Crippen molar-refractivity contribution in [2.75, 3.05) is 49.6 Å². The van der Waals surface area contributed by atoms with Crippen LogP contribution in [-0.4, -0.2) is 71.9 Å². The summed E-state index contributed by atoms with van der Waals surface area (Å²) in [5.74, 6) is 0.875. The third kappa shape index (κ3) is 3.60. The molecule has 7 nitrogen and oxygen atoms in total. The summed E-state index contributed by atoms with van der Waals surface area (Å²) < 4.78 is 5.52. The number of halogens is 1. The van der Waals surface area contributed by atoms with Crippen LogP contribution in [-0.2, 0) is 9.53 Å². The van der Waals surface area contributed by atoms with Gasteiger partial charge in [-0.05, 0) is 55.2 Å². The summed E-state index contributed by atoms with van der Waals surface area (Å²) in [6.07, 6.45) is 5.99. The first-order chi connectivity index (χ1) is 15.9. The molecule has 1 aromatic heterocycles. The number of fused-ring (bicyclic) bond motifs is 1. The maximum atomic E-state index is 12.7. The van der Waals surface area contributed by atoms with E-state index in [1.165, 1.54) is 19.3 Å². The first-order valence-corrected chi connectivity index (χ1v) is 12.4. The van der Waals surface area contributed by atoms with E-state index in [0.717, 1.165) is 49.1 Å². The van der Waals surface area contributed by atoms with Gasteiger partial charge in [0, 0.05) is 43.7 Å². The van der Waals surface area contributed by atoms with Crippen LogP contribution in [0.25, 0.3) is 10.8 Å². The first kappa shape index (κ1) is 21.6. The second kappa shape index (κ2) is 7.80. The van der Waals surface area contributed by atoms with E-state index in [9.17, 15) is 9.90 Å². The average Bonchev–Trinajstić information content (AvgIpc) is 3.48. The van der Waals surface area contributed by atoms with E-state index in [0.29, 0.717) is 29.5 Å². The maximum absolute atomic E-state index is 12.7. The number of pyridine rings is 1. The van der Waals surface area contributed by atoms with E-state index in [1.807, 2.05) is 12.1 Å². The summed E-state index contributed by atoms with van der Waals surface area (Å²) in [7, 11) is 0. The number of benzene rings is 1. The van der Waals surface area contributed by atoms with E-state index in [1.54, 1.807) is 6.20 Å². The second-order valence-corrected chi connectivity index (χ2v) is 11.0. The highest BCUT2D eigenvalue weighted by Crippen LogP contribution is 2.65. The van der Waals surface area contributed by atoms with Crippen LogP contribution in [0.15, 0.2) is 24.4 Å². The molecule has 1 aromatic carbocycles. The normalized spacial score (nSPS) is 31.1. The number of rotatable bonds is 4. The van der Waals surface area contributed by atoms with Gasteiger partial charge in [0.1, 0.15) is 5.82 Å². The third-order valence-corrected chi connectivity index (χ3v) is 8.93. The largest absolute Gasteiger partial charge is 0.389 e. The highest BCUT2D eigenvalue weighted by atomic mass is 35.5. The highest BCUT2D eigenvalue weighted by molar-refractivity contribution is 6.34. The molecule has 3 atom stereocenters. The van der Waals surface area contributed by atoms with Crippen LogP contribution < -0.4 is 10.2 Å². The summed E-state index contributed by atoms with van der Waals surface area (Å²) in [6, 6.07) is 6.01. The van der Waals surface area contributed by atoms with Crippen molar-refractivity contribution in [1.82, 2.24) is 9.88 Å². The third-order valence-electron chi connectivity index (χ3n) is 8.62. The summed E-state index contributed by atoms with van der Waals surface area (Å²) in [5, 5.41) is 16.1. The van der Waals surface area contributed by atoms with Gasteiger partial charge in [-0.25, -0.2) is 4.98 Å². The van der Waals surface area contributed by atoms with Gasteiger partial charge in [0.2, 0.25) is 5.91 Å².